The molecule has 4 heterocycles. The van der Waals surface area contributed by atoms with Crippen molar-refractivity contribution < 1.29 is 0 Å². The Morgan fingerprint density at radius 2 is 1.65 bits per heavy atom. The van der Waals surface area contributed by atoms with Crippen molar-refractivity contribution in [2.24, 2.45) is 0 Å². The molecule has 0 aliphatic rings. The summed E-state index contributed by atoms with van der Waals surface area (Å²) in [7, 11) is 0. The molecule has 6 nitrogen and oxygen atoms in total. The zero-order valence-corrected chi connectivity index (χ0v) is 17.4. The third kappa shape index (κ3) is 3.75. The van der Waals surface area contributed by atoms with Crippen LogP contribution < -0.4 is 5.32 Å². The van der Waals surface area contributed by atoms with Crippen LogP contribution in [0.5, 0.6) is 0 Å². The number of hydrogen-bond acceptors (Lipinski definition) is 5. The van der Waals surface area contributed by atoms with Crippen molar-refractivity contribution in [3.8, 4) is 22.8 Å². The Hall–Kier alpha value is -4.06. The van der Waals surface area contributed by atoms with Crippen molar-refractivity contribution in [1.29, 1.82) is 0 Å². The Labute approximate surface area is 180 Å². The molecule has 1 N–H and O–H groups in total. The number of fused-ring (bicyclic) bond motifs is 1. The Kier molecular flexibility index (Phi) is 4.88. The lowest BCUT2D eigenvalue weighted by molar-refractivity contribution is 0.861. The van der Waals surface area contributed by atoms with Crippen LogP contribution in [-0.4, -0.2) is 24.3 Å². The molecule has 0 aliphatic heterocycles. The second-order valence-corrected chi connectivity index (χ2v) is 7.44. The van der Waals surface area contributed by atoms with Gasteiger partial charge in [0.1, 0.15) is 17.0 Å². The normalized spacial score (nSPS) is 12.1. The summed E-state index contributed by atoms with van der Waals surface area (Å²) in [5.74, 6) is 0.572. The van der Waals surface area contributed by atoms with Gasteiger partial charge in [-0.05, 0) is 49.7 Å². The van der Waals surface area contributed by atoms with Crippen molar-refractivity contribution in [2.45, 2.75) is 19.9 Å². The third-order valence-electron chi connectivity index (χ3n) is 5.20. The number of nitrogens with one attached hydrogen (secondary N) is 1. The highest BCUT2D eigenvalue weighted by atomic mass is 15.1. The summed E-state index contributed by atoms with van der Waals surface area (Å²) in [4.78, 5) is 18.8. The number of benzene rings is 1. The molecule has 0 fully saturated rings. The molecule has 152 valence electrons. The van der Waals surface area contributed by atoms with Gasteiger partial charge in [-0.25, -0.2) is 15.0 Å². The molecule has 0 unspecified atom stereocenters. The molecule has 0 bridgehead atoms. The van der Waals surface area contributed by atoms with Crippen LogP contribution in [0.2, 0.25) is 0 Å². The Balaban J connectivity index is 1.60. The average Bonchev–Trinajstić information content (AvgIpc) is 3.19. The maximum Gasteiger partial charge on any atom is 0.223 e. The lowest BCUT2D eigenvalue weighted by Crippen LogP contribution is -2.09. The smallest absolute Gasteiger partial charge is 0.223 e. The lowest BCUT2D eigenvalue weighted by Gasteiger charge is -2.14. The highest BCUT2D eigenvalue weighted by Gasteiger charge is 2.19. The van der Waals surface area contributed by atoms with Crippen LogP contribution in [0, 0.1) is 6.92 Å². The summed E-state index contributed by atoms with van der Waals surface area (Å²) < 4.78 is 2.05. The maximum absolute atomic E-state index is 4.86. The minimum absolute atomic E-state index is 0.0801. The number of aromatic nitrogens is 5. The summed E-state index contributed by atoms with van der Waals surface area (Å²) in [5, 5.41) is 3.41. The summed E-state index contributed by atoms with van der Waals surface area (Å²) in [6, 6.07) is 24.2. The fourth-order valence-electron chi connectivity index (χ4n) is 3.67. The maximum atomic E-state index is 4.86. The molecule has 0 aliphatic carbocycles. The molecule has 4 aromatic heterocycles. The van der Waals surface area contributed by atoms with Gasteiger partial charge in [-0.3, -0.25) is 9.38 Å². The number of pyridine rings is 2. The van der Waals surface area contributed by atoms with Gasteiger partial charge in [-0.1, -0.05) is 42.5 Å². The highest BCUT2D eigenvalue weighted by molar-refractivity contribution is 5.79. The molecule has 6 heteroatoms. The fourth-order valence-corrected chi connectivity index (χ4v) is 3.67. The SMILES string of the molecule is Cc1cccc(-c2nc3ccccn3c2-c2ccnc(N[C@@H](C)c3ccccc3)n2)n1. The van der Waals surface area contributed by atoms with E-state index in [4.69, 9.17) is 15.0 Å². The molecule has 0 saturated heterocycles. The van der Waals surface area contributed by atoms with Gasteiger partial charge >= 0.3 is 0 Å². The molecule has 0 radical (unpaired) electrons. The molecular formula is C25H22N6. The van der Waals surface area contributed by atoms with Crippen LogP contribution in [0.4, 0.5) is 5.95 Å². The van der Waals surface area contributed by atoms with Crippen molar-refractivity contribution in [2.75, 3.05) is 5.32 Å². The van der Waals surface area contributed by atoms with Crippen LogP contribution in [0.3, 0.4) is 0 Å². The highest BCUT2D eigenvalue weighted by Crippen LogP contribution is 2.31. The first kappa shape index (κ1) is 18.9. The number of aryl methyl sites for hydroxylation is 1. The Bertz CT molecular complexity index is 1340. The van der Waals surface area contributed by atoms with E-state index in [1.54, 1.807) is 6.20 Å². The summed E-state index contributed by atoms with van der Waals surface area (Å²) in [5.41, 5.74) is 6.28. The van der Waals surface area contributed by atoms with Gasteiger partial charge in [-0.15, -0.1) is 0 Å². The molecule has 1 atom stereocenters. The monoisotopic (exact) mass is 406 g/mol. The van der Waals surface area contributed by atoms with Crippen LogP contribution in [-0.2, 0) is 0 Å². The van der Waals surface area contributed by atoms with Crippen LogP contribution >= 0.6 is 0 Å². The van der Waals surface area contributed by atoms with E-state index in [9.17, 15) is 0 Å². The molecule has 0 saturated carbocycles. The molecule has 0 amide bonds. The minimum Gasteiger partial charge on any atom is -0.348 e. The Morgan fingerprint density at radius 3 is 2.48 bits per heavy atom. The first-order chi connectivity index (χ1) is 15.2. The van der Waals surface area contributed by atoms with Crippen molar-refractivity contribution in [3.05, 3.63) is 96.4 Å². The van der Waals surface area contributed by atoms with E-state index in [1.165, 1.54) is 5.56 Å². The van der Waals surface area contributed by atoms with E-state index in [0.29, 0.717) is 5.95 Å². The van der Waals surface area contributed by atoms with Crippen LogP contribution in [0.1, 0.15) is 24.2 Å². The van der Waals surface area contributed by atoms with Crippen LogP contribution in [0.25, 0.3) is 28.4 Å². The summed E-state index contributed by atoms with van der Waals surface area (Å²) >= 11 is 0. The predicted molar refractivity (Wildman–Crippen MR) is 123 cm³/mol. The molecule has 0 spiro atoms. The van der Waals surface area contributed by atoms with E-state index < -0.39 is 0 Å². The fraction of sp³-hybridized carbons (Fsp3) is 0.120. The first-order valence-corrected chi connectivity index (χ1v) is 10.2. The second kappa shape index (κ2) is 7.99. The number of hydrogen-bond donors (Lipinski definition) is 1. The molecule has 5 rings (SSSR count). The number of anilines is 1. The van der Waals surface area contributed by atoms with Gasteiger partial charge in [-0.2, -0.15) is 0 Å². The number of rotatable bonds is 5. The molecule has 1 aromatic carbocycles. The van der Waals surface area contributed by atoms with E-state index in [-0.39, 0.29) is 6.04 Å². The Morgan fingerprint density at radius 1 is 0.806 bits per heavy atom. The zero-order valence-electron chi connectivity index (χ0n) is 17.4. The second-order valence-electron chi connectivity index (χ2n) is 7.44. The first-order valence-electron chi connectivity index (χ1n) is 10.2. The van der Waals surface area contributed by atoms with Gasteiger partial charge in [0.2, 0.25) is 5.95 Å². The van der Waals surface area contributed by atoms with E-state index in [2.05, 4.69) is 29.4 Å². The van der Waals surface area contributed by atoms with Gasteiger partial charge in [0.05, 0.1) is 17.4 Å². The summed E-state index contributed by atoms with van der Waals surface area (Å²) in [6.07, 6.45) is 3.77. The molecule has 5 aromatic rings. The minimum atomic E-state index is 0.0801. The van der Waals surface area contributed by atoms with E-state index in [0.717, 1.165) is 34.1 Å². The van der Waals surface area contributed by atoms with Gasteiger partial charge in [0.15, 0.2) is 0 Å². The van der Waals surface area contributed by atoms with Gasteiger partial charge < -0.3 is 5.32 Å². The van der Waals surface area contributed by atoms with Crippen molar-refractivity contribution >= 4 is 11.6 Å². The quantitative estimate of drug-likeness (QED) is 0.427. The molecular weight excluding hydrogens is 384 g/mol. The number of imidazole rings is 1. The zero-order chi connectivity index (χ0) is 21.2. The third-order valence-corrected chi connectivity index (χ3v) is 5.20. The van der Waals surface area contributed by atoms with E-state index in [1.807, 2.05) is 78.2 Å². The average molecular weight is 406 g/mol. The van der Waals surface area contributed by atoms with Gasteiger partial charge in [0.25, 0.3) is 0 Å². The number of nitrogens with zero attached hydrogens (tertiary/aromatic N) is 5. The topological polar surface area (TPSA) is 68.0 Å². The summed E-state index contributed by atoms with van der Waals surface area (Å²) in [6.45, 7) is 4.08. The van der Waals surface area contributed by atoms with Crippen molar-refractivity contribution in [1.82, 2.24) is 24.3 Å². The predicted octanol–water partition coefficient (Wildman–Crippen LogP) is 5.33. The van der Waals surface area contributed by atoms with Crippen LogP contribution in [0.15, 0.2) is 85.2 Å². The lowest BCUT2D eigenvalue weighted by atomic mass is 10.1. The largest absolute Gasteiger partial charge is 0.348 e. The van der Waals surface area contributed by atoms with Gasteiger partial charge in [0, 0.05) is 18.1 Å². The standard InChI is InChI=1S/C25H22N6/c1-17-9-8-12-20(27-17)23-24(31-16-7-6-13-22(31)30-23)21-14-15-26-25(29-21)28-18(2)19-10-4-3-5-11-19/h3-16,18H,1-2H3,(H,26,28,29)/t18-/m0/s1. The van der Waals surface area contributed by atoms with Crippen molar-refractivity contribution in [3.63, 3.8) is 0 Å². The molecule has 31 heavy (non-hydrogen) atoms. The van der Waals surface area contributed by atoms with E-state index >= 15 is 0 Å².